The van der Waals surface area contributed by atoms with Crippen molar-refractivity contribution in [1.82, 2.24) is 4.98 Å². The molecule has 0 bridgehead atoms. The first-order valence-corrected chi connectivity index (χ1v) is 9.62. The highest BCUT2D eigenvalue weighted by molar-refractivity contribution is 7.93. The monoisotopic (exact) mass is 338 g/mol. The van der Waals surface area contributed by atoms with Gasteiger partial charge in [0.25, 0.3) is 0 Å². The van der Waals surface area contributed by atoms with Crippen molar-refractivity contribution >= 4 is 26.6 Å². The largest absolute Gasteiger partial charge is 0.270 e. The highest BCUT2D eigenvalue weighted by Crippen LogP contribution is 2.33. The predicted octanol–water partition coefficient (Wildman–Crippen LogP) is 3.75. The van der Waals surface area contributed by atoms with Gasteiger partial charge in [0.2, 0.25) is 10.0 Å². The van der Waals surface area contributed by atoms with Crippen LogP contribution in [-0.4, -0.2) is 25.7 Å². The zero-order valence-electron chi connectivity index (χ0n) is 13.4. The second kappa shape index (κ2) is 5.60. The molecule has 4 rings (SSSR count). The number of hydrogen-bond acceptors (Lipinski definition) is 3. The molecule has 122 valence electrons. The standard InChI is InChI=1S/C19H18N2O2S/c1-14-13-16(8-9-18(14)21-11-4-12-24(21,22)23)17-7-2-5-15-6-3-10-20-19(15)17/h2-3,5-10,13H,4,11-12H2,1H3. The van der Waals surface area contributed by atoms with Crippen molar-refractivity contribution in [1.29, 1.82) is 0 Å². The fourth-order valence-corrected chi connectivity index (χ4v) is 4.98. The van der Waals surface area contributed by atoms with Gasteiger partial charge < -0.3 is 0 Å². The van der Waals surface area contributed by atoms with Gasteiger partial charge in [0.1, 0.15) is 0 Å². The summed E-state index contributed by atoms with van der Waals surface area (Å²) in [6.45, 7) is 2.53. The lowest BCUT2D eigenvalue weighted by Gasteiger charge is -2.20. The van der Waals surface area contributed by atoms with Crippen molar-refractivity contribution < 1.29 is 8.42 Å². The Morgan fingerprint density at radius 1 is 1.08 bits per heavy atom. The highest BCUT2D eigenvalue weighted by atomic mass is 32.2. The smallest absolute Gasteiger partial charge is 0.235 e. The van der Waals surface area contributed by atoms with Crippen molar-refractivity contribution in [2.75, 3.05) is 16.6 Å². The molecule has 0 saturated carbocycles. The number of anilines is 1. The first-order chi connectivity index (χ1) is 11.6. The van der Waals surface area contributed by atoms with E-state index in [1.807, 2.05) is 49.4 Å². The number of benzene rings is 2. The van der Waals surface area contributed by atoms with Crippen LogP contribution >= 0.6 is 0 Å². The van der Waals surface area contributed by atoms with Gasteiger partial charge in [0, 0.05) is 23.7 Å². The molecule has 1 aliphatic heterocycles. The normalized spacial score (nSPS) is 16.6. The molecule has 1 aliphatic rings. The van der Waals surface area contributed by atoms with Crippen LogP contribution in [0.2, 0.25) is 0 Å². The zero-order chi connectivity index (χ0) is 16.7. The van der Waals surface area contributed by atoms with Crippen LogP contribution in [0.3, 0.4) is 0 Å². The lowest BCUT2D eigenvalue weighted by Crippen LogP contribution is -2.25. The van der Waals surface area contributed by atoms with E-state index < -0.39 is 10.0 Å². The Labute approximate surface area is 141 Å². The van der Waals surface area contributed by atoms with Crippen LogP contribution in [0.1, 0.15) is 12.0 Å². The summed E-state index contributed by atoms with van der Waals surface area (Å²) in [5, 5.41) is 1.10. The molecule has 4 nitrogen and oxygen atoms in total. The van der Waals surface area contributed by atoms with Crippen LogP contribution < -0.4 is 4.31 Å². The number of para-hydroxylation sites is 1. The third kappa shape index (κ3) is 2.45. The van der Waals surface area contributed by atoms with E-state index in [0.29, 0.717) is 13.0 Å². The SMILES string of the molecule is Cc1cc(-c2cccc3cccnc23)ccc1N1CCCS1(=O)=O. The summed E-state index contributed by atoms with van der Waals surface area (Å²) in [6.07, 6.45) is 2.49. The molecule has 0 atom stereocenters. The number of aromatic nitrogens is 1. The third-order valence-electron chi connectivity index (χ3n) is 4.51. The van der Waals surface area contributed by atoms with Gasteiger partial charge in [0.15, 0.2) is 0 Å². The van der Waals surface area contributed by atoms with Gasteiger partial charge in [-0.2, -0.15) is 0 Å². The van der Waals surface area contributed by atoms with Gasteiger partial charge >= 0.3 is 0 Å². The van der Waals surface area contributed by atoms with E-state index in [2.05, 4.69) is 11.1 Å². The predicted molar refractivity (Wildman–Crippen MR) is 97.7 cm³/mol. The molecule has 0 aliphatic carbocycles. The number of sulfonamides is 1. The van der Waals surface area contributed by atoms with E-state index in [0.717, 1.165) is 33.3 Å². The summed E-state index contributed by atoms with van der Waals surface area (Å²) >= 11 is 0. The maximum Gasteiger partial charge on any atom is 0.235 e. The van der Waals surface area contributed by atoms with E-state index in [9.17, 15) is 8.42 Å². The van der Waals surface area contributed by atoms with Crippen LogP contribution in [0.15, 0.2) is 54.7 Å². The summed E-state index contributed by atoms with van der Waals surface area (Å²) < 4.78 is 25.9. The van der Waals surface area contributed by atoms with Crippen molar-refractivity contribution in [2.24, 2.45) is 0 Å². The Morgan fingerprint density at radius 3 is 2.67 bits per heavy atom. The van der Waals surface area contributed by atoms with Crippen LogP contribution in [0, 0.1) is 6.92 Å². The molecule has 0 spiro atoms. The van der Waals surface area contributed by atoms with Crippen LogP contribution in [0.4, 0.5) is 5.69 Å². The molecular formula is C19H18N2O2S. The molecule has 24 heavy (non-hydrogen) atoms. The molecule has 5 heteroatoms. The number of nitrogens with zero attached hydrogens (tertiary/aromatic N) is 2. The van der Waals surface area contributed by atoms with Gasteiger partial charge in [-0.1, -0.05) is 30.3 Å². The molecule has 1 fully saturated rings. The summed E-state index contributed by atoms with van der Waals surface area (Å²) in [6, 6.07) is 16.0. The van der Waals surface area contributed by atoms with Crippen LogP contribution in [0.5, 0.6) is 0 Å². The minimum absolute atomic E-state index is 0.238. The molecule has 1 aromatic heterocycles. The quantitative estimate of drug-likeness (QED) is 0.715. The molecule has 0 N–H and O–H groups in total. The molecule has 2 heterocycles. The van der Waals surface area contributed by atoms with Gasteiger partial charge in [-0.3, -0.25) is 9.29 Å². The third-order valence-corrected chi connectivity index (χ3v) is 6.36. The first kappa shape index (κ1) is 15.1. The average molecular weight is 338 g/mol. The maximum atomic E-state index is 12.2. The molecule has 0 amide bonds. The molecule has 0 unspecified atom stereocenters. The number of aryl methyl sites for hydroxylation is 1. The molecular weight excluding hydrogens is 320 g/mol. The first-order valence-electron chi connectivity index (χ1n) is 8.01. The summed E-state index contributed by atoms with van der Waals surface area (Å²) in [4.78, 5) is 4.50. The van der Waals surface area contributed by atoms with E-state index in [1.54, 1.807) is 6.20 Å². The Morgan fingerprint density at radius 2 is 1.92 bits per heavy atom. The maximum absolute atomic E-state index is 12.2. The number of pyridine rings is 1. The second-order valence-electron chi connectivity index (χ2n) is 6.12. The molecule has 0 radical (unpaired) electrons. The molecule has 1 saturated heterocycles. The number of hydrogen-bond donors (Lipinski definition) is 0. The Kier molecular flexibility index (Phi) is 3.53. The minimum Gasteiger partial charge on any atom is -0.270 e. The molecule has 2 aromatic carbocycles. The second-order valence-corrected chi connectivity index (χ2v) is 8.14. The lowest BCUT2D eigenvalue weighted by molar-refractivity contribution is 0.599. The van der Waals surface area contributed by atoms with Gasteiger partial charge in [-0.05, 0) is 42.7 Å². The fraction of sp³-hybridized carbons (Fsp3) is 0.211. The minimum atomic E-state index is -3.15. The average Bonchev–Trinajstić information content (AvgIpc) is 2.93. The Hall–Kier alpha value is -2.40. The van der Waals surface area contributed by atoms with E-state index >= 15 is 0 Å². The van der Waals surface area contributed by atoms with Crippen LogP contribution in [-0.2, 0) is 10.0 Å². The van der Waals surface area contributed by atoms with E-state index in [4.69, 9.17) is 0 Å². The van der Waals surface area contributed by atoms with Gasteiger partial charge in [-0.15, -0.1) is 0 Å². The van der Waals surface area contributed by atoms with Crippen molar-refractivity contribution in [3.63, 3.8) is 0 Å². The van der Waals surface area contributed by atoms with Crippen LogP contribution in [0.25, 0.3) is 22.0 Å². The highest BCUT2D eigenvalue weighted by Gasteiger charge is 2.29. The lowest BCUT2D eigenvalue weighted by atomic mass is 9.99. The van der Waals surface area contributed by atoms with E-state index in [1.165, 1.54) is 4.31 Å². The van der Waals surface area contributed by atoms with Crippen molar-refractivity contribution in [3.05, 3.63) is 60.3 Å². The Balaban J connectivity index is 1.82. The molecule has 3 aromatic rings. The topological polar surface area (TPSA) is 50.3 Å². The number of fused-ring (bicyclic) bond motifs is 1. The summed E-state index contributed by atoms with van der Waals surface area (Å²) in [5.41, 5.74) is 4.82. The number of rotatable bonds is 2. The Bertz CT molecular complexity index is 1020. The summed E-state index contributed by atoms with van der Waals surface area (Å²) in [7, 11) is -3.15. The van der Waals surface area contributed by atoms with Crippen molar-refractivity contribution in [3.8, 4) is 11.1 Å². The zero-order valence-corrected chi connectivity index (χ0v) is 14.3. The summed E-state index contributed by atoms with van der Waals surface area (Å²) in [5.74, 6) is 0.238. The fourth-order valence-electron chi connectivity index (χ4n) is 3.35. The van der Waals surface area contributed by atoms with Gasteiger partial charge in [-0.25, -0.2) is 8.42 Å². The van der Waals surface area contributed by atoms with Gasteiger partial charge in [0.05, 0.1) is 17.0 Å². The van der Waals surface area contributed by atoms with E-state index in [-0.39, 0.29) is 5.75 Å². The van der Waals surface area contributed by atoms with Crippen molar-refractivity contribution in [2.45, 2.75) is 13.3 Å².